The van der Waals surface area contributed by atoms with Crippen LogP contribution in [0.1, 0.15) is 18.4 Å². The highest BCUT2D eigenvalue weighted by Gasteiger charge is 2.38. The van der Waals surface area contributed by atoms with Crippen LogP contribution in [0.2, 0.25) is 10.0 Å². The van der Waals surface area contributed by atoms with E-state index in [0.29, 0.717) is 10.0 Å². The van der Waals surface area contributed by atoms with Crippen LogP contribution < -0.4 is 0 Å². The first-order chi connectivity index (χ1) is 9.98. The standard InChI is InChI=1S/C13H13Cl2N3O2S/c14-11-4-1-9(7-12(11)15)8-18(10-2-3-10)21(19,20)13-5-6-16-17-13/h1,4-7,10H,2-3,8H2,(H,16,17). The maximum atomic E-state index is 12.6. The summed E-state index contributed by atoms with van der Waals surface area (Å²) in [6, 6.07) is 6.65. The van der Waals surface area contributed by atoms with Gasteiger partial charge in [-0.15, -0.1) is 0 Å². The zero-order valence-corrected chi connectivity index (χ0v) is 13.3. The average molecular weight is 346 g/mol. The second-order valence-electron chi connectivity index (χ2n) is 4.95. The first-order valence-corrected chi connectivity index (χ1v) is 8.63. The highest BCUT2D eigenvalue weighted by atomic mass is 35.5. The molecular weight excluding hydrogens is 333 g/mol. The minimum atomic E-state index is -3.58. The molecule has 112 valence electrons. The van der Waals surface area contributed by atoms with Crippen molar-refractivity contribution >= 4 is 33.2 Å². The van der Waals surface area contributed by atoms with Crippen LogP contribution in [0.5, 0.6) is 0 Å². The summed E-state index contributed by atoms with van der Waals surface area (Å²) in [5, 5.41) is 7.21. The highest BCUT2D eigenvalue weighted by Crippen LogP contribution is 2.33. The first kappa shape index (κ1) is 14.8. The molecule has 0 aliphatic heterocycles. The molecule has 1 aromatic carbocycles. The second-order valence-corrected chi connectivity index (χ2v) is 7.62. The quantitative estimate of drug-likeness (QED) is 0.905. The molecule has 8 heteroatoms. The van der Waals surface area contributed by atoms with E-state index < -0.39 is 10.0 Å². The zero-order chi connectivity index (χ0) is 15.0. The SMILES string of the molecule is O=S(=O)(c1ccn[nH]1)N(Cc1ccc(Cl)c(Cl)c1)C1CC1. The summed E-state index contributed by atoms with van der Waals surface area (Å²) in [6.45, 7) is 0.267. The molecule has 1 saturated carbocycles. The molecule has 0 bridgehead atoms. The van der Waals surface area contributed by atoms with Crippen LogP contribution in [0, 0.1) is 0 Å². The lowest BCUT2D eigenvalue weighted by atomic mass is 10.2. The Morgan fingerprint density at radius 2 is 2.00 bits per heavy atom. The van der Waals surface area contributed by atoms with E-state index in [-0.39, 0.29) is 17.6 Å². The Morgan fingerprint density at radius 3 is 2.57 bits per heavy atom. The molecule has 1 N–H and O–H groups in total. The molecule has 2 aromatic rings. The van der Waals surface area contributed by atoms with E-state index in [1.165, 1.54) is 16.6 Å². The second kappa shape index (κ2) is 5.61. The molecule has 1 aliphatic carbocycles. The van der Waals surface area contributed by atoms with Gasteiger partial charge < -0.3 is 0 Å². The van der Waals surface area contributed by atoms with Gasteiger partial charge in [0.15, 0.2) is 5.03 Å². The van der Waals surface area contributed by atoms with Crippen molar-refractivity contribution in [2.75, 3.05) is 0 Å². The van der Waals surface area contributed by atoms with Crippen molar-refractivity contribution in [1.82, 2.24) is 14.5 Å². The number of nitrogens with zero attached hydrogens (tertiary/aromatic N) is 2. The Bertz CT molecular complexity index is 743. The first-order valence-electron chi connectivity index (χ1n) is 6.43. The van der Waals surface area contributed by atoms with Crippen LogP contribution in [0.4, 0.5) is 0 Å². The van der Waals surface area contributed by atoms with E-state index in [0.717, 1.165) is 18.4 Å². The molecule has 1 heterocycles. The van der Waals surface area contributed by atoms with Crippen LogP contribution in [-0.2, 0) is 16.6 Å². The topological polar surface area (TPSA) is 66.1 Å². The molecule has 0 saturated heterocycles. The molecule has 0 unspecified atom stereocenters. The third kappa shape index (κ3) is 3.08. The van der Waals surface area contributed by atoms with Crippen LogP contribution in [0.25, 0.3) is 0 Å². The van der Waals surface area contributed by atoms with Crippen LogP contribution in [-0.4, -0.2) is 29.0 Å². The van der Waals surface area contributed by atoms with Crippen LogP contribution in [0.15, 0.2) is 35.5 Å². The smallest absolute Gasteiger partial charge is 0.260 e. The van der Waals surface area contributed by atoms with Crippen molar-refractivity contribution in [3.63, 3.8) is 0 Å². The number of aromatic amines is 1. The Morgan fingerprint density at radius 1 is 1.24 bits per heavy atom. The summed E-state index contributed by atoms with van der Waals surface area (Å²) in [4.78, 5) is 0. The number of benzene rings is 1. The van der Waals surface area contributed by atoms with Gasteiger partial charge >= 0.3 is 0 Å². The molecule has 5 nitrogen and oxygen atoms in total. The molecule has 3 rings (SSSR count). The molecule has 1 fully saturated rings. The summed E-state index contributed by atoms with van der Waals surface area (Å²) < 4.78 is 26.7. The molecule has 1 aromatic heterocycles. The van der Waals surface area contributed by atoms with Gasteiger partial charge in [-0.3, -0.25) is 5.10 Å². The van der Waals surface area contributed by atoms with Crippen molar-refractivity contribution in [1.29, 1.82) is 0 Å². The minimum Gasteiger partial charge on any atom is -0.266 e. The maximum Gasteiger partial charge on any atom is 0.260 e. The molecule has 0 spiro atoms. The van der Waals surface area contributed by atoms with Crippen molar-refractivity contribution in [2.45, 2.75) is 30.5 Å². The Kier molecular flexibility index (Phi) is 3.96. The largest absolute Gasteiger partial charge is 0.266 e. The third-order valence-corrected chi connectivity index (χ3v) is 5.91. The number of aromatic nitrogens is 2. The lowest BCUT2D eigenvalue weighted by Crippen LogP contribution is -2.33. The molecular formula is C13H13Cl2N3O2S. The van der Waals surface area contributed by atoms with Gasteiger partial charge in [-0.05, 0) is 36.6 Å². The highest BCUT2D eigenvalue weighted by molar-refractivity contribution is 7.89. The summed E-state index contributed by atoms with van der Waals surface area (Å²) >= 11 is 11.9. The summed E-state index contributed by atoms with van der Waals surface area (Å²) in [5.41, 5.74) is 0.805. The summed E-state index contributed by atoms with van der Waals surface area (Å²) in [5.74, 6) is 0. The summed E-state index contributed by atoms with van der Waals surface area (Å²) in [6.07, 6.45) is 3.17. The monoisotopic (exact) mass is 345 g/mol. The van der Waals surface area contributed by atoms with Gasteiger partial charge in [-0.1, -0.05) is 29.3 Å². The van der Waals surface area contributed by atoms with E-state index >= 15 is 0 Å². The molecule has 21 heavy (non-hydrogen) atoms. The van der Waals surface area contributed by atoms with Crippen molar-refractivity contribution in [3.05, 3.63) is 46.1 Å². The van der Waals surface area contributed by atoms with Gasteiger partial charge in [-0.2, -0.15) is 9.40 Å². The molecule has 0 amide bonds. The van der Waals surface area contributed by atoms with Crippen molar-refractivity contribution < 1.29 is 8.42 Å². The van der Waals surface area contributed by atoms with Gasteiger partial charge in [0.25, 0.3) is 10.0 Å². The fraction of sp³-hybridized carbons (Fsp3) is 0.308. The minimum absolute atomic E-state index is 0.0350. The Hall–Kier alpha value is -1.08. The Balaban J connectivity index is 1.90. The number of sulfonamides is 1. The molecule has 1 aliphatic rings. The van der Waals surface area contributed by atoms with Gasteiger partial charge in [0, 0.05) is 12.6 Å². The fourth-order valence-electron chi connectivity index (χ4n) is 2.10. The van der Waals surface area contributed by atoms with E-state index in [9.17, 15) is 8.42 Å². The third-order valence-electron chi connectivity index (χ3n) is 3.34. The van der Waals surface area contributed by atoms with E-state index in [1.807, 2.05) is 0 Å². The van der Waals surface area contributed by atoms with E-state index in [4.69, 9.17) is 23.2 Å². The Labute approximate surface area is 132 Å². The summed E-state index contributed by atoms with van der Waals surface area (Å²) in [7, 11) is -3.58. The van der Waals surface area contributed by atoms with Crippen molar-refractivity contribution in [3.8, 4) is 0 Å². The number of hydrogen-bond acceptors (Lipinski definition) is 3. The molecule has 0 atom stereocenters. The zero-order valence-electron chi connectivity index (χ0n) is 11.0. The lowest BCUT2D eigenvalue weighted by Gasteiger charge is -2.21. The average Bonchev–Trinajstić information content (AvgIpc) is 3.11. The fourth-order valence-corrected chi connectivity index (χ4v) is 4.00. The van der Waals surface area contributed by atoms with Crippen LogP contribution >= 0.6 is 23.2 Å². The normalized spacial score (nSPS) is 15.6. The number of H-pyrrole nitrogens is 1. The predicted molar refractivity (Wildman–Crippen MR) is 80.8 cm³/mol. The van der Waals surface area contributed by atoms with E-state index in [1.54, 1.807) is 18.2 Å². The number of nitrogens with one attached hydrogen (secondary N) is 1. The maximum absolute atomic E-state index is 12.6. The molecule has 0 radical (unpaired) electrons. The van der Waals surface area contributed by atoms with Crippen molar-refractivity contribution in [2.24, 2.45) is 0 Å². The van der Waals surface area contributed by atoms with Gasteiger partial charge in [0.2, 0.25) is 0 Å². The van der Waals surface area contributed by atoms with Gasteiger partial charge in [-0.25, -0.2) is 8.42 Å². The predicted octanol–water partition coefficient (Wildman–Crippen LogP) is 3.07. The van der Waals surface area contributed by atoms with Gasteiger partial charge in [0.05, 0.1) is 16.2 Å². The van der Waals surface area contributed by atoms with E-state index in [2.05, 4.69) is 10.2 Å². The van der Waals surface area contributed by atoms with Gasteiger partial charge in [0.1, 0.15) is 0 Å². The number of hydrogen-bond donors (Lipinski definition) is 1. The lowest BCUT2D eigenvalue weighted by molar-refractivity contribution is 0.396. The number of halogens is 2. The number of rotatable bonds is 5. The van der Waals surface area contributed by atoms with Crippen LogP contribution in [0.3, 0.4) is 0 Å².